The first-order valence-corrected chi connectivity index (χ1v) is 4.66. The van der Waals surface area contributed by atoms with E-state index in [1.165, 1.54) is 0 Å². The summed E-state index contributed by atoms with van der Waals surface area (Å²) in [5.74, 6) is -0.981. The van der Waals surface area contributed by atoms with Crippen LogP contribution in [0.25, 0.3) is 0 Å². The molecule has 0 aliphatic carbocycles. The summed E-state index contributed by atoms with van der Waals surface area (Å²) < 4.78 is 25.7. The van der Waals surface area contributed by atoms with E-state index >= 15 is 0 Å². The summed E-state index contributed by atoms with van der Waals surface area (Å²) in [5.41, 5.74) is 5.17. The molecule has 3 nitrogen and oxygen atoms in total. The standard InChI is InChI=1S/C8H8F2N2OS/c9-5-1-2-6(10)7(3-5)14-4-8(11)12-13/h1-3,13H,4H2,(H2,11,12). The van der Waals surface area contributed by atoms with E-state index in [-0.39, 0.29) is 16.5 Å². The lowest BCUT2D eigenvalue weighted by Crippen LogP contribution is -2.14. The van der Waals surface area contributed by atoms with E-state index in [0.29, 0.717) is 0 Å². The summed E-state index contributed by atoms with van der Waals surface area (Å²) in [7, 11) is 0. The van der Waals surface area contributed by atoms with Crippen LogP contribution in [-0.2, 0) is 0 Å². The van der Waals surface area contributed by atoms with Crippen molar-refractivity contribution in [2.45, 2.75) is 4.90 Å². The monoisotopic (exact) mass is 218 g/mol. The number of nitrogens with zero attached hydrogens (tertiary/aromatic N) is 1. The number of nitrogens with two attached hydrogens (primary N) is 1. The molecule has 0 atom stereocenters. The normalized spacial score (nSPS) is 11.7. The fraction of sp³-hybridized carbons (Fsp3) is 0.125. The Morgan fingerprint density at radius 2 is 2.21 bits per heavy atom. The molecule has 1 aromatic carbocycles. The zero-order valence-corrected chi connectivity index (χ0v) is 7.89. The van der Waals surface area contributed by atoms with Crippen molar-refractivity contribution in [1.82, 2.24) is 0 Å². The largest absolute Gasteiger partial charge is 0.409 e. The number of rotatable bonds is 3. The smallest absolute Gasteiger partial charge is 0.149 e. The lowest BCUT2D eigenvalue weighted by Gasteiger charge is -2.01. The molecule has 0 spiro atoms. The van der Waals surface area contributed by atoms with Crippen LogP contribution < -0.4 is 5.73 Å². The highest BCUT2D eigenvalue weighted by atomic mass is 32.2. The third-order valence-corrected chi connectivity index (χ3v) is 2.46. The second kappa shape index (κ2) is 4.80. The van der Waals surface area contributed by atoms with Crippen LogP contribution in [0, 0.1) is 11.6 Å². The molecule has 0 saturated heterocycles. The third kappa shape index (κ3) is 2.88. The van der Waals surface area contributed by atoms with Gasteiger partial charge >= 0.3 is 0 Å². The van der Waals surface area contributed by atoms with Crippen molar-refractivity contribution in [1.29, 1.82) is 0 Å². The first-order chi connectivity index (χ1) is 6.63. The molecule has 1 aromatic rings. The minimum absolute atomic E-state index is 0.0429. The van der Waals surface area contributed by atoms with Crippen LogP contribution in [0.5, 0.6) is 0 Å². The van der Waals surface area contributed by atoms with Gasteiger partial charge in [-0.2, -0.15) is 0 Å². The van der Waals surface area contributed by atoms with Crippen molar-refractivity contribution in [3.8, 4) is 0 Å². The molecular formula is C8H8F2N2OS. The molecule has 0 aliphatic rings. The zero-order valence-electron chi connectivity index (χ0n) is 7.08. The van der Waals surface area contributed by atoms with Crippen LogP contribution in [0.2, 0.25) is 0 Å². The van der Waals surface area contributed by atoms with E-state index in [9.17, 15) is 8.78 Å². The maximum absolute atomic E-state index is 13.0. The zero-order chi connectivity index (χ0) is 10.6. The summed E-state index contributed by atoms with van der Waals surface area (Å²) in [6.45, 7) is 0. The van der Waals surface area contributed by atoms with Gasteiger partial charge in [0.15, 0.2) is 0 Å². The molecule has 0 radical (unpaired) electrons. The highest BCUT2D eigenvalue weighted by Gasteiger charge is 2.05. The number of halogens is 2. The van der Waals surface area contributed by atoms with Crippen LogP contribution in [0.15, 0.2) is 28.3 Å². The molecule has 0 heterocycles. The van der Waals surface area contributed by atoms with Gasteiger partial charge in [-0.25, -0.2) is 8.78 Å². The van der Waals surface area contributed by atoms with Crippen LogP contribution in [0.4, 0.5) is 8.78 Å². The van der Waals surface area contributed by atoms with Gasteiger partial charge in [-0.15, -0.1) is 11.8 Å². The summed E-state index contributed by atoms with van der Waals surface area (Å²) in [6, 6.07) is 3.12. The summed E-state index contributed by atoms with van der Waals surface area (Å²) >= 11 is 0.963. The lowest BCUT2D eigenvalue weighted by molar-refractivity contribution is 0.318. The van der Waals surface area contributed by atoms with E-state index in [1.807, 2.05) is 0 Å². The average molecular weight is 218 g/mol. The maximum atomic E-state index is 13.0. The first kappa shape index (κ1) is 10.8. The van der Waals surface area contributed by atoms with Crippen LogP contribution in [-0.4, -0.2) is 16.8 Å². The van der Waals surface area contributed by atoms with Crippen molar-refractivity contribution in [2.75, 3.05) is 5.75 Å². The predicted molar refractivity (Wildman–Crippen MR) is 50.5 cm³/mol. The summed E-state index contributed by atoms with van der Waals surface area (Å²) in [6.07, 6.45) is 0. The summed E-state index contributed by atoms with van der Waals surface area (Å²) in [5, 5.41) is 10.9. The molecule has 0 saturated carbocycles. The van der Waals surface area contributed by atoms with Crippen molar-refractivity contribution in [2.24, 2.45) is 10.9 Å². The first-order valence-electron chi connectivity index (χ1n) is 3.67. The molecule has 0 aromatic heterocycles. The van der Waals surface area contributed by atoms with Gasteiger partial charge in [0.2, 0.25) is 0 Å². The number of benzene rings is 1. The summed E-state index contributed by atoms with van der Waals surface area (Å²) in [4.78, 5) is 0.136. The Bertz CT molecular complexity index is 357. The number of hydrogen-bond acceptors (Lipinski definition) is 3. The van der Waals surface area contributed by atoms with Gasteiger partial charge in [0, 0.05) is 4.90 Å². The Morgan fingerprint density at radius 3 is 2.86 bits per heavy atom. The van der Waals surface area contributed by atoms with Gasteiger partial charge in [-0.05, 0) is 18.2 Å². The predicted octanol–water partition coefficient (Wildman–Crippen LogP) is 1.80. The van der Waals surface area contributed by atoms with Gasteiger partial charge in [0.05, 0.1) is 5.75 Å². The minimum Gasteiger partial charge on any atom is -0.409 e. The fourth-order valence-corrected chi connectivity index (χ4v) is 1.53. The molecule has 0 amide bonds. The van der Waals surface area contributed by atoms with Gasteiger partial charge < -0.3 is 10.9 Å². The molecule has 0 unspecified atom stereocenters. The van der Waals surface area contributed by atoms with E-state index in [4.69, 9.17) is 10.9 Å². The third-order valence-electron chi connectivity index (χ3n) is 1.40. The highest BCUT2D eigenvalue weighted by Crippen LogP contribution is 2.22. The van der Waals surface area contributed by atoms with E-state index in [2.05, 4.69) is 5.16 Å². The average Bonchev–Trinajstić information content (AvgIpc) is 2.19. The molecule has 6 heteroatoms. The quantitative estimate of drug-likeness (QED) is 0.267. The Morgan fingerprint density at radius 1 is 1.50 bits per heavy atom. The number of hydrogen-bond donors (Lipinski definition) is 2. The Balaban J connectivity index is 2.71. The van der Waals surface area contributed by atoms with E-state index in [0.717, 1.165) is 30.0 Å². The SMILES string of the molecule is N/C(CSc1cc(F)ccc1F)=N\O. The van der Waals surface area contributed by atoms with Crippen molar-refractivity contribution >= 4 is 17.6 Å². The van der Waals surface area contributed by atoms with Gasteiger partial charge in [-0.3, -0.25) is 0 Å². The number of thioether (sulfide) groups is 1. The van der Waals surface area contributed by atoms with Gasteiger partial charge in [0.1, 0.15) is 17.5 Å². The molecular weight excluding hydrogens is 210 g/mol. The van der Waals surface area contributed by atoms with Crippen LogP contribution >= 0.6 is 11.8 Å². The van der Waals surface area contributed by atoms with Gasteiger partial charge in [-0.1, -0.05) is 5.16 Å². The van der Waals surface area contributed by atoms with Crippen LogP contribution in [0.1, 0.15) is 0 Å². The van der Waals surface area contributed by atoms with Gasteiger partial charge in [0.25, 0.3) is 0 Å². The van der Waals surface area contributed by atoms with Crippen molar-refractivity contribution in [3.63, 3.8) is 0 Å². The van der Waals surface area contributed by atoms with Crippen molar-refractivity contribution < 1.29 is 14.0 Å². The lowest BCUT2D eigenvalue weighted by atomic mass is 10.3. The highest BCUT2D eigenvalue weighted by molar-refractivity contribution is 8.00. The van der Waals surface area contributed by atoms with Crippen LogP contribution in [0.3, 0.4) is 0 Å². The maximum Gasteiger partial charge on any atom is 0.149 e. The second-order valence-corrected chi connectivity index (χ2v) is 3.47. The molecule has 14 heavy (non-hydrogen) atoms. The topological polar surface area (TPSA) is 58.6 Å². The molecule has 3 N–H and O–H groups in total. The number of oxime groups is 1. The molecule has 0 bridgehead atoms. The van der Waals surface area contributed by atoms with E-state index < -0.39 is 11.6 Å². The molecule has 76 valence electrons. The molecule has 1 rings (SSSR count). The minimum atomic E-state index is -0.526. The van der Waals surface area contributed by atoms with Crippen molar-refractivity contribution in [3.05, 3.63) is 29.8 Å². The Kier molecular flexibility index (Phi) is 3.70. The van der Waals surface area contributed by atoms with E-state index in [1.54, 1.807) is 0 Å². The Hall–Kier alpha value is -1.30. The molecule has 0 aliphatic heterocycles. The molecule has 0 fully saturated rings. The Labute approximate surface area is 83.6 Å². The fourth-order valence-electron chi connectivity index (χ4n) is 0.768. The number of amidine groups is 1. The second-order valence-electron chi connectivity index (χ2n) is 2.45.